The lowest BCUT2D eigenvalue weighted by atomic mass is 9.73. The first kappa shape index (κ1) is 19.7. The molecule has 2 N–H and O–H groups in total. The van der Waals surface area contributed by atoms with Gasteiger partial charge in [0, 0.05) is 31.6 Å². The molecule has 4 heteroatoms. The summed E-state index contributed by atoms with van der Waals surface area (Å²) in [5, 5.41) is 14.9. The minimum atomic E-state index is -1.40. The number of hydrogen-bond donors (Lipinski definition) is 2. The number of benzene rings is 1. The first-order valence-electron chi connectivity index (χ1n) is 10.9. The summed E-state index contributed by atoms with van der Waals surface area (Å²) >= 11 is 0. The van der Waals surface area contributed by atoms with Gasteiger partial charge in [0.25, 0.3) is 5.91 Å². The van der Waals surface area contributed by atoms with Crippen molar-refractivity contribution in [2.24, 2.45) is 17.8 Å². The summed E-state index contributed by atoms with van der Waals surface area (Å²) < 4.78 is 0. The summed E-state index contributed by atoms with van der Waals surface area (Å²) in [6.45, 7) is 7.37. The van der Waals surface area contributed by atoms with E-state index in [0.717, 1.165) is 50.9 Å². The molecule has 2 saturated carbocycles. The second kappa shape index (κ2) is 8.00. The summed E-state index contributed by atoms with van der Waals surface area (Å²) in [5.41, 5.74) is 0.696. The van der Waals surface area contributed by atoms with E-state index < -0.39 is 5.60 Å². The summed E-state index contributed by atoms with van der Waals surface area (Å²) in [7, 11) is 0. The van der Waals surface area contributed by atoms with E-state index in [1.807, 2.05) is 30.3 Å². The van der Waals surface area contributed by atoms with Crippen molar-refractivity contribution in [2.45, 2.75) is 57.6 Å². The second-order valence-corrected chi connectivity index (χ2v) is 9.29. The second-order valence-electron chi connectivity index (χ2n) is 9.29. The van der Waals surface area contributed by atoms with Crippen LogP contribution in [0, 0.1) is 17.8 Å². The lowest BCUT2D eigenvalue weighted by Crippen LogP contribution is -2.51. The van der Waals surface area contributed by atoms with Gasteiger partial charge in [0.2, 0.25) is 0 Å². The van der Waals surface area contributed by atoms with Crippen LogP contribution in [0.15, 0.2) is 42.0 Å². The molecule has 0 aromatic heterocycles. The number of carbonyl (C=O) groups is 1. The van der Waals surface area contributed by atoms with Gasteiger partial charge in [-0.2, -0.15) is 0 Å². The molecule has 1 aliphatic heterocycles. The van der Waals surface area contributed by atoms with Crippen molar-refractivity contribution in [3.05, 3.63) is 47.5 Å². The van der Waals surface area contributed by atoms with E-state index in [2.05, 4.69) is 30.1 Å². The zero-order valence-corrected chi connectivity index (χ0v) is 17.2. The Kier molecular flexibility index (Phi) is 5.62. The number of piperidine rings is 1. The molecule has 0 spiro atoms. The van der Waals surface area contributed by atoms with E-state index in [9.17, 15) is 9.90 Å². The number of fused-ring (bicyclic) bond motifs is 1. The van der Waals surface area contributed by atoms with Crippen molar-refractivity contribution in [1.82, 2.24) is 10.2 Å². The van der Waals surface area contributed by atoms with Gasteiger partial charge in [-0.15, -0.1) is 0 Å². The maximum absolute atomic E-state index is 13.4. The molecule has 1 aromatic carbocycles. The van der Waals surface area contributed by atoms with Crippen LogP contribution < -0.4 is 5.32 Å². The molecular weight excluding hydrogens is 348 g/mol. The van der Waals surface area contributed by atoms with E-state index in [4.69, 9.17) is 0 Å². The molecule has 1 aromatic rings. The van der Waals surface area contributed by atoms with Gasteiger partial charge in [-0.05, 0) is 44.1 Å². The Labute approximate surface area is 169 Å². The molecule has 0 radical (unpaired) electrons. The van der Waals surface area contributed by atoms with Crippen LogP contribution in [-0.2, 0) is 10.4 Å². The highest BCUT2D eigenvalue weighted by molar-refractivity contribution is 5.87. The molecular formula is C24H34N2O2. The summed E-state index contributed by atoms with van der Waals surface area (Å²) in [6.07, 6.45) is 7.52. The van der Waals surface area contributed by atoms with Crippen molar-refractivity contribution >= 4 is 5.91 Å². The van der Waals surface area contributed by atoms with Gasteiger partial charge in [-0.1, -0.05) is 61.2 Å². The largest absolute Gasteiger partial charge is 0.375 e. The van der Waals surface area contributed by atoms with Crippen molar-refractivity contribution in [3.8, 4) is 0 Å². The number of carbonyl (C=O) groups excluding carboxylic acids is 1. The maximum Gasteiger partial charge on any atom is 0.257 e. The first-order valence-corrected chi connectivity index (χ1v) is 10.9. The van der Waals surface area contributed by atoms with Crippen molar-refractivity contribution in [2.75, 3.05) is 19.6 Å². The Morgan fingerprint density at radius 1 is 1.14 bits per heavy atom. The molecule has 4 nitrogen and oxygen atoms in total. The van der Waals surface area contributed by atoms with Crippen molar-refractivity contribution < 1.29 is 9.90 Å². The van der Waals surface area contributed by atoms with Gasteiger partial charge >= 0.3 is 0 Å². The van der Waals surface area contributed by atoms with E-state index in [1.54, 1.807) is 0 Å². The van der Waals surface area contributed by atoms with E-state index in [0.29, 0.717) is 11.8 Å². The molecule has 3 aliphatic rings. The van der Waals surface area contributed by atoms with Crippen LogP contribution in [-0.4, -0.2) is 41.6 Å². The Bertz CT molecular complexity index is 709. The van der Waals surface area contributed by atoms with Gasteiger partial charge in [0.15, 0.2) is 5.60 Å². The van der Waals surface area contributed by atoms with Crippen molar-refractivity contribution in [3.63, 3.8) is 0 Å². The third kappa shape index (κ3) is 3.77. The molecule has 152 valence electrons. The number of aliphatic hydroxyl groups is 1. The SMILES string of the molecule is CC(C)=CCN1CC2C(C1)C2NC(=O)C(O)(c1ccccc1)C1CCCCC1. The Hall–Kier alpha value is -1.65. The molecule has 3 unspecified atom stereocenters. The lowest BCUT2D eigenvalue weighted by molar-refractivity contribution is -0.149. The van der Waals surface area contributed by atoms with Crippen LogP contribution in [0.3, 0.4) is 0 Å². The summed E-state index contributed by atoms with van der Waals surface area (Å²) in [4.78, 5) is 15.8. The van der Waals surface area contributed by atoms with Gasteiger partial charge in [0.1, 0.15) is 0 Å². The number of hydrogen-bond acceptors (Lipinski definition) is 3. The highest BCUT2D eigenvalue weighted by Crippen LogP contribution is 2.47. The number of rotatable bonds is 6. The quantitative estimate of drug-likeness (QED) is 0.741. The zero-order valence-electron chi connectivity index (χ0n) is 17.2. The van der Waals surface area contributed by atoms with E-state index in [-0.39, 0.29) is 17.9 Å². The highest BCUT2D eigenvalue weighted by Gasteiger charge is 2.58. The zero-order chi connectivity index (χ0) is 19.7. The first-order chi connectivity index (χ1) is 13.5. The minimum absolute atomic E-state index is 0.0106. The third-order valence-electron chi connectivity index (χ3n) is 7.08. The average molecular weight is 383 g/mol. The van der Waals surface area contributed by atoms with Crippen LogP contribution in [0.25, 0.3) is 0 Å². The third-order valence-corrected chi connectivity index (χ3v) is 7.08. The van der Waals surface area contributed by atoms with Gasteiger partial charge in [-0.3, -0.25) is 9.69 Å². The Morgan fingerprint density at radius 2 is 1.79 bits per heavy atom. The van der Waals surface area contributed by atoms with Crippen LogP contribution in [0.1, 0.15) is 51.5 Å². The Morgan fingerprint density at radius 3 is 2.39 bits per heavy atom. The van der Waals surface area contributed by atoms with Crippen LogP contribution in [0.5, 0.6) is 0 Å². The fourth-order valence-electron chi connectivity index (χ4n) is 5.31. The van der Waals surface area contributed by atoms with Crippen molar-refractivity contribution in [1.29, 1.82) is 0 Å². The smallest absolute Gasteiger partial charge is 0.257 e. The maximum atomic E-state index is 13.4. The number of amides is 1. The minimum Gasteiger partial charge on any atom is -0.375 e. The predicted octanol–water partition coefficient (Wildman–Crippen LogP) is 3.47. The average Bonchev–Trinajstić information content (AvgIpc) is 3.15. The van der Waals surface area contributed by atoms with Gasteiger partial charge < -0.3 is 10.4 Å². The molecule has 28 heavy (non-hydrogen) atoms. The standard InChI is InChI=1S/C24H34N2O2/c1-17(2)13-14-26-15-20-21(16-26)22(20)25-23(27)24(28,18-9-5-3-6-10-18)19-11-7-4-8-12-19/h3,5-6,9-10,13,19-22,28H,4,7-8,11-12,14-16H2,1-2H3,(H,25,27). The van der Waals surface area contributed by atoms with Crippen LogP contribution in [0.4, 0.5) is 0 Å². The highest BCUT2D eigenvalue weighted by atomic mass is 16.3. The summed E-state index contributed by atoms with van der Waals surface area (Å²) in [5.74, 6) is 0.916. The monoisotopic (exact) mass is 382 g/mol. The molecule has 4 rings (SSSR count). The fraction of sp³-hybridized carbons (Fsp3) is 0.625. The van der Waals surface area contributed by atoms with Crippen LogP contribution in [0.2, 0.25) is 0 Å². The predicted molar refractivity (Wildman–Crippen MR) is 112 cm³/mol. The molecule has 3 atom stereocenters. The Balaban J connectivity index is 1.43. The molecule has 3 fully saturated rings. The van der Waals surface area contributed by atoms with E-state index in [1.165, 1.54) is 12.0 Å². The molecule has 0 bridgehead atoms. The topological polar surface area (TPSA) is 52.6 Å². The van der Waals surface area contributed by atoms with E-state index >= 15 is 0 Å². The lowest BCUT2D eigenvalue weighted by Gasteiger charge is -2.38. The number of nitrogens with zero attached hydrogens (tertiary/aromatic N) is 1. The molecule has 1 saturated heterocycles. The summed E-state index contributed by atoms with van der Waals surface area (Å²) in [6, 6.07) is 9.82. The normalized spacial score (nSPS) is 29.6. The number of likely N-dealkylation sites (tertiary alicyclic amines) is 1. The molecule has 1 amide bonds. The molecule has 1 heterocycles. The van der Waals surface area contributed by atoms with Crippen LogP contribution >= 0.6 is 0 Å². The van der Waals surface area contributed by atoms with Gasteiger partial charge in [0.05, 0.1) is 0 Å². The number of allylic oxidation sites excluding steroid dienone is 1. The number of nitrogens with one attached hydrogen (secondary N) is 1. The van der Waals surface area contributed by atoms with Gasteiger partial charge in [-0.25, -0.2) is 0 Å². The fourth-order valence-corrected chi connectivity index (χ4v) is 5.31. The molecule has 2 aliphatic carbocycles.